The first-order chi connectivity index (χ1) is 12.6. The Morgan fingerprint density at radius 2 is 1.62 bits per heavy atom. The molecule has 2 aromatic carbocycles. The monoisotopic (exact) mass is 414 g/mol. The Bertz CT molecular complexity index is 884. The fourth-order valence-electron chi connectivity index (χ4n) is 2.23. The first-order valence-corrected chi connectivity index (χ1v) is 8.70. The molecule has 0 aliphatic heterocycles. The SMILES string of the molecule is O=C(OCCc1ccccc1)c1ccc(OC(=O)c2ccc(Br)o2)cc1. The van der Waals surface area contributed by atoms with Crippen LogP contribution < -0.4 is 4.74 Å². The first kappa shape index (κ1) is 17.9. The molecule has 3 aromatic rings. The van der Waals surface area contributed by atoms with Crippen LogP contribution in [-0.4, -0.2) is 18.5 Å². The second kappa shape index (κ2) is 8.49. The Hall–Kier alpha value is -2.86. The van der Waals surface area contributed by atoms with Crippen molar-refractivity contribution in [2.24, 2.45) is 0 Å². The third-order valence-electron chi connectivity index (χ3n) is 3.54. The molecule has 0 bridgehead atoms. The molecule has 1 heterocycles. The predicted octanol–water partition coefficient (Wildman–Crippen LogP) is 4.66. The fraction of sp³-hybridized carbons (Fsp3) is 0.100. The molecule has 0 fully saturated rings. The summed E-state index contributed by atoms with van der Waals surface area (Å²) in [4.78, 5) is 23.9. The van der Waals surface area contributed by atoms with Crippen LogP contribution in [0.4, 0.5) is 0 Å². The molecular formula is C20H15BrO5. The third kappa shape index (κ3) is 4.83. The number of hydrogen-bond acceptors (Lipinski definition) is 5. The highest BCUT2D eigenvalue weighted by molar-refractivity contribution is 9.10. The maximum absolute atomic E-state index is 12.0. The summed E-state index contributed by atoms with van der Waals surface area (Å²) in [5.41, 5.74) is 1.49. The molecule has 3 rings (SSSR count). The lowest BCUT2D eigenvalue weighted by Crippen LogP contribution is -2.09. The zero-order valence-corrected chi connectivity index (χ0v) is 15.3. The Kier molecular flexibility index (Phi) is 5.86. The van der Waals surface area contributed by atoms with Crippen LogP contribution >= 0.6 is 15.9 Å². The van der Waals surface area contributed by atoms with Crippen LogP contribution in [0.1, 0.15) is 26.5 Å². The minimum atomic E-state index is -0.617. The van der Waals surface area contributed by atoms with Gasteiger partial charge >= 0.3 is 11.9 Å². The zero-order chi connectivity index (χ0) is 18.4. The predicted molar refractivity (Wildman–Crippen MR) is 98.2 cm³/mol. The van der Waals surface area contributed by atoms with Gasteiger partial charge in [0.05, 0.1) is 12.2 Å². The lowest BCUT2D eigenvalue weighted by atomic mass is 10.2. The summed E-state index contributed by atoms with van der Waals surface area (Å²) >= 11 is 3.12. The molecule has 6 heteroatoms. The average Bonchev–Trinajstić information content (AvgIpc) is 3.10. The standard InChI is InChI=1S/C20H15BrO5/c21-18-11-10-17(26-18)20(23)25-16-8-6-15(7-9-16)19(22)24-13-12-14-4-2-1-3-5-14/h1-11H,12-13H2. The summed E-state index contributed by atoms with van der Waals surface area (Å²) in [6, 6.07) is 19.1. The smallest absolute Gasteiger partial charge is 0.379 e. The fourth-order valence-corrected chi connectivity index (χ4v) is 2.54. The van der Waals surface area contributed by atoms with Crippen LogP contribution in [-0.2, 0) is 11.2 Å². The highest BCUT2D eigenvalue weighted by Gasteiger charge is 2.14. The topological polar surface area (TPSA) is 65.7 Å². The maximum Gasteiger partial charge on any atom is 0.379 e. The zero-order valence-electron chi connectivity index (χ0n) is 13.7. The van der Waals surface area contributed by atoms with Crippen molar-refractivity contribution < 1.29 is 23.5 Å². The molecule has 0 aliphatic rings. The Morgan fingerprint density at radius 1 is 0.885 bits per heavy atom. The van der Waals surface area contributed by atoms with E-state index in [0.717, 1.165) is 5.56 Å². The van der Waals surface area contributed by atoms with E-state index in [1.165, 1.54) is 18.2 Å². The lowest BCUT2D eigenvalue weighted by molar-refractivity contribution is 0.0509. The van der Waals surface area contributed by atoms with Gasteiger partial charge in [-0.15, -0.1) is 0 Å². The molecule has 0 unspecified atom stereocenters. The van der Waals surface area contributed by atoms with Crippen LogP contribution in [0.15, 0.2) is 75.8 Å². The van der Waals surface area contributed by atoms with Crippen molar-refractivity contribution in [3.63, 3.8) is 0 Å². The molecule has 0 N–H and O–H groups in total. The van der Waals surface area contributed by atoms with Gasteiger partial charge < -0.3 is 13.9 Å². The van der Waals surface area contributed by atoms with Gasteiger partial charge in [0.15, 0.2) is 4.67 Å². The van der Waals surface area contributed by atoms with Crippen molar-refractivity contribution in [2.75, 3.05) is 6.61 Å². The number of halogens is 1. The van der Waals surface area contributed by atoms with Crippen molar-refractivity contribution in [2.45, 2.75) is 6.42 Å². The van der Waals surface area contributed by atoms with Gasteiger partial charge in [0.25, 0.3) is 0 Å². The summed E-state index contributed by atoms with van der Waals surface area (Å²) in [6.45, 7) is 0.299. The number of esters is 2. The van der Waals surface area contributed by atoms with E-state index in [4.69, 9.17) is 13.9 Å². The number of hydrogen-bond donors (Lipinski definition) is 0. The Morgan fingerprint density at radius 3 is 2.27 bits per heavy atom. The Balaban J connectivity index is 1.51. The van der Waals surface area contributed by atoms with Crippen molar-refractivity contribution in [1.29, 1.82) is 0 Å². The molecule has 5 nitrogen and oxygen atoms in total. The largest absolute Gasteiger partial charge is 0.462 e. The minimum Gasteiger partial charge on any atom is -0.462 e. The highest BCUT2D eigenvalue weighted by Crippen LogP contribution is 2.18. The minimum absolute atomic E-state index is 0.0845. The summed E-state index contributed by atoms with van der Waals surface area (Å²) in [6.07, 6.45) is 0.654. The second-order valence-electron chi connectivity index (χ2n) is 5.39. The molecular weight excluding hydrogens is 400 g/mol. The summed E-state index contributed by atoms with van der Waals surface area (Å²) < 4.78 is 16.0. The molecule has 0 saturated heterocycles. The average molecular weight is 415 g/mol. The molecule has 1 aromatic heterocycles. The number of furan rings is 1. The molecule has 0 amide bonds. The third-order valence-corrected chi connectivity index (χ3v) is 3.97. The van der Waals surface area contributed by atoms with Gasteiger partial charge in [0.1, 0.15) is 5.75 Å². The van der Waals surface area contributed by atoms with Gasteiger partial charge in [-0.25, -0.2) is 9.59 Å². The van der Waals surface area contributed by atoms with Crippen LogP contribution in [0.2, 0.25) is 0 Å². The number of ether oxygens (including phenoxy) is 2. The van der Waals surface area contributed by atoms with Crippen LogP contribution in [0.25, 0.3) is 0 Å². The molecule has 0 radical (unpaired) electrons. The highest BCUT2D eigenvalue weighted by atomic mass is 79.9. The van der Waals surface area contributed by atoms with E-state index >= 15 is 0 Å². The van der Waals surface area contributed by atoms with Gasteiger partial charge in [0.2, 0.25) is 5.76 Å². The van der Waals surface area contributed by atoms with Gasteiger partial charge in [0, 0.05) is 6.42 Å². The van der Waals surface area contributed by atoms with Crippen LogP contribution in [0.5, 0.6) is 5.75 Å². The molecule has 132 valence electrons. The van der Waals surface area contributed by atoms with Crippen molar-refractivity contribution in [3.05, 3.63) is 88.3 Å². The van der Waals surface area contributed by atoms with Gasteiger partial charge in [-0.2, -0.15) is 0 Å². The first-order valence-electron chi connectivity index (χ1n) is 7.90. The van der Waals surface area contributed by atoms with E-state index in [1.54, 1.807) is 18.2 Å². The van der Waals surface area contributed by atoms with E-state index in [0.29, 0.717) is 29.0 Å². The van der Waals surface area contributed by atoms with Crippen molar-refractivity contribution >= 4 is 27.9 Å². The number of carbonyl (C=O) groups is 2. The molecule has 0 spiro atoms. The van der Waals surface area contributed by atoms with Gasteiger partial charge in [-0.05, 0) is 57.9 Å². The lowest BCUT2D eigenvalue weighted by Gasteiger charge is -2.06. The van der Waals surface area contributed by atoms with Crippen molar-refractivity contribution in [1.82, 2.24) is 0 Å². The van der Waals surface area contributed by atoms with Crippen LogP contribution in [0.3, 0.4) is 0 Å². The number of rotatable bonds is 6. The summed E-state index contributed by atoms with van der Waals surface area (Å²) in [5, 5.41) is 0. The molecule has 0 saturated carbocycles. The quantitative estimate of drug-likeness (QED) is 0.433. The molecule has 0 atom stereocenters. The second-order valence-corrected chi connectivity index (χ2v) is 6.17. The maximum atomic E-state index is 12.0. The van der Waals surface area contributed by atoms with E-state index in [-0.39, 0.29) is 5.76 Å². The number of benzene rings is 2. The van der Waals surface area contributed by atoms with E-state index in [1.807, 2.05) is 30.3 Å². The normalized spacial score (nSPS) is 10.3. The summed E-state index contributed by atoms with van der Waals surface area (Å²) in [5.74, 6) is -0.646. The van der Waals surface area contributed by atoms with Gasteiger partial charge in [-0.3, -0.25) is 0 Å². The molecule has 0 aliphatic carbocycles. The van der Waals surface area contributed by atoms with E-state index in [2.05, 4.69) is 15.9 Å². The number of carbonyl (C=O) groups excluding carboxylic acids is 2. The molecule has 26 heavy (non-hydrogen) atoms. The van der Waals surface area contributed by atoms with Crippen molar-refractivity contribution in [3.8, 4) is 5.75 Å². The summed E-state index contributed by atoms with van der Waals surface area (Å²) in [7, 11) is 0. The van der Waals surface area contributed by atoms with Gasteiger partial charge in [-0.1, -0.05) is 30.3 Å². The van der Waals surface area contributed by atoms with Crippen LogP contribution in [0, 0.1) is 0 Å². The van der Waals surface area contributed by atoms with E-state index in [9.17, 15) is 9.59 Å². The van der Waals surface area contributed by atoms with E-state index < -0.39 is 11.9 Å². The Labute approximate surface area is 158 Å².